The van der Waals surface area contributed by atoms with E-state index in [1.165, 1.54) is 19.8 Å². The zero-order valence-electron chi connectivity index (χ0n) is 26.5. The van der Waals surface area contributed by atoms with Crippen molar-refractivity contribution in [2.75, 3.05) is 60.7 Å². The van der Waals surface area contributed by atoms with E-state index in [-0.39, 0.29) is 25.0 Å². The van der Waals surface area contributed by atoms with Gasteiger partial charge in [0.15, 0.2) is 11.4 Å². The fourth-order valence-electron chi connectivity index (χ4n) is 6.76. The number of nitrogens with zero attached hydrogens (tertiary/aromatic N) is 5. The number of esters is 1. The van der Waals surface area contributed by atoms with Crippen LogP contribution < -0.4 is 0 Å². The minimum Gasteiger partial charge on any atom is -0.447 e. The van der Waals surface area contributed by atoms with E-state index in [4.69, 9.17) is 23.7 Å². The molecule has 2 aliphatic rings. The van der Waals surface area contributed by atoms with Crippen molar-refractivity contribution in [3.8, 4) is 11.5 Å². The number of aromatic nitrogens is 3. The molecule has 0 spiro atoms. The molecule has 2 fully saturated rings. The maximum absolute atomic E-state index is 13.2. The fourth-order valence-corrected chi connectivity index (χ4v) is 6.76. The van der Waals surface area contributed by atoms with Gasteiger partial charge in [0.1, 0.15) is 13.2 Å². The third-order valence-corrected chi connectivity index (χ3v) is 8.91. The maximum Gasteiger partial charge on any atom is 0.333 e. The minimum absolute atomic E-state index is 0.0116. The predicted octanol–water partition coefficient (Wildman–Crippen LogP) is 3.99. The largest absolute Gasteiger partial charge is 0.447 e. The third kappa shape index (κ3) is 6.13. The van der Waals surface area contributed by atoms with E-state index >= 15 is 0 Å². The van der Waals surface area contributed by atoms with Gasteiger partial charge >= 0.3 is 5.97 Å². The van der Waals surface area contributed by atoms with Crippen LogP contribution in [-0.4, -0.2) is 97.5 Å². The van der Waals surface area contributed by atoms with Crippen LogP contribution in [0.2, 0.25) is 0 Å². The molecule has 44 heavy (non-hydrogen) atoms. The summed E-state index contributed by atoms with van der Waals surface area (Å²) in [5.41, 5.74) is 1.80. The minimum atomic E-state index is -1.15. The molecule has 11 nitrogen and oxygen atoms in total. The summed E-state index contributed by atoms with van der Waals surface area (Å²) >= 11 is 0. The molecule has 0 radical (unpaired) electrons. The number of likely N-dealkylation sites (tertiary alicyclic amines) is 2. The normalized spacial score (nSPS) is 18.6. The number of carbonyl (C=O) groups is 2. The second-order valence-electron chi connectivity index (χ2n) is 12.6. The Hall–Kier alpha value is -3.67. The first kappa shape index (κ1) is 31.7. The lowest BCUT2D eigenvalue weighted by molar-refractivity contribution is -0.191. The molecule has 0 N–H and O–H groups in total. The number of carbonyl (C=O) groups excluding carboxylic acids is 2. The van der Waals surface area contributed by atoms with Crippen LogP contribution in [-0.2, 0) is 29.4 Å². The van der Waals surface area contributed by atoms with Crippen molar-refractivity contribution in [1.29, 1.82) is 0 Å². The Balaban J connectivity index is 1.51. The Bertz CT molecular complexity index is 1440. The van der Waals surface area contributed by atoms with Crippen LogP contribution in [0.4, 0.5) is 0 Å². The summed E-state index contributed by atoms with van der Waals surface area (Å²) in [6, 6.07) is 10.2. The summed E-state index contributed by atoms with van der Waals surface area (Å²) in [6.07, 6.45) is 4.92. The summed E-state index contributed by atoms with van der Waals surface area (Å²) in [4.78, 5) is 38.8. The van der Waals surface area contributed by atoms with Gasteiger partial charge in [0, 0.05) is 75.3 Å². The van der Waals surface area contributed by atoms with Gasteiger partial charge in [-0.15, -0.1) is 0 Å². The number of benzene rings is 1. The molecule has 1 amide bonds. The first-order valence-electron chi connectivity index (χ1n) is 15.2. The van der Waals surface area contributed by atoms with Crippen molar-refractivity contribution in [3.05, 3.63) is 65.2 Å². The van der Waals surface area contributed by atoms with Crippen LogP contribution in [0.25, 0.3) is 11.5 Å². The van der Waals surface area contributed by atoms with Crippen molar-refractivity contribution in [2.45, 2.75) is 51.0 Å². The van der Waals surface area contributed by atoms with Gasteiger partial charge in [-0.3, -0.25) is 9.78 Å². The summed E-state index contributed by atoms with van der Waals surface area (Å²) in [6.45, 7) is 9.01. The molecule has 11 heteroatoms. The number of ether oxygens (including phenoxy) is 3. The average Bonchev–Trinajstić information content (AvgIpc) is 3.50. The van der Waals surface area contributed by atoms with E-state index in [1.807, 2.05) is 11.0 Å². The van der Waals surface area contributed by atoms with Crippen LogP contribution in [0.3, 0.4) is 0 Å². The quantitative estimate of drug-likeness (QED) is 0.297. The van der Waals surface area contributed by atoms with Gasteiger partial charge < -0.3 is 28.5 Å². The van der Waals surface area contributed by atoms with Crippen molar-refractivity contribution in [2.24, 2.45) is 5.41 Å². The van der Waals surface area contributed by atoms with Crippen LogP contribution in [0, 0.1) is 5.41 Å². The van der Waals surface area contributed by atoms with Crippen LogP contribution in [0.15, 0.2) is 47.2 Å². The fraction of sp³-hybridized carbons (Fsp3) is 0.545. The number of methoxy groups -OCH3 is 2. The number of hydrogen-bond donors (Lipinski definition) is 0. The number of rotatable bonds is 11. The number of amides is 1. The molecular formula is C33H43N5O6. The molecule has 2 saturated heterocycles. The first-order valence-corrected chi connectivity index (χ1v) is 15.2. The van der Waals surface area contributed by atoms with Crippen molar-refractivity contribution < 1.29 is 28.3 Å². The standard InChI is InChI=1S/C33H43N5O6/c1-22(2)23-7-9-26(10-8-23)33(43-29(40)19-42-6,32(3)20-37(4)21-32)27-15-25(16-34-17-27)31-35-30(36-44-31)24-11-13-38(14-12-24)28(39)18-41-5/h7-10,15-17,22,24H,11-14,18-21H2,1-6H3/t33-/m0/s1. The lowest BCUT2D eigenvalue weighted by Gasteiger charge is -2.57. The molecule has 0 aliphatic carbocycles. The van der Waals surface area contributed by atoms with Crippen molar-refractivity contribution >= 4 is 11.9 Å². The zero-order chi connectivity index (χ0) is 31.5. The summed E-state index contributed by atoms with van der Waals surface area (Å²) in [5.74, 6) is 0.914. The highest BCUT2D eigenvalue weighted by Crippen LogP contribution is 2.53. The zero-order valence-corrected chi connectivity index (χ0v) is 26.5. The molecule has 1 aromatic carbocycles. The Labute approximate surface area is 258 Å². The predicted molar refractivity (Wildman–Crippen MR) is 163 cm³/mol. The van der Waals surface area contributed by atoms with E-state index in [9.17, 15) is 9.59 Å². The van der Waals surface area contributed by atoms with Gasteiger partial charge in [-0.2, -0.15) is 4.98 Å². The van der Waals surface area contributed by atoms with Gasteiger partial charge in [-0.05, 0) is 37.4 Å². The second kappa shape index (κ2) is 13.1. The van der Waals surface area contributed by atoms with Crippen molar-refractivity contribution in [1.82, 2.24) is 24.9 Å². The van der Waals surface area contributed by atoms with Crippen LogP contribution in [0.1, 0.15) is 68.0 Å². The third-order valence-electron chi connectivity index (χ3n) is 8.91. The summed E-state index contributed by atoms with van der Waals surface area (Å²) < 4.78 is 22.4. The van der Waals surface area contributed by atoms with Crippen LogP contribution in [0.5, 0.6) is 0 Å². The molecule has 0 bridgehead atoms. The van der Waals surface area contributed by atoms with Gasteiger partial charge in [-0.1, -0.05) is 50.2 Å². The molecule has 1 atom stereocenters. The van der Waals surface area contributed by atoms with Gasteiger partial charge in [0.2, 0.25) is 5.91 Å². The van der Waals surface area contributed by atoms with E-state index in [0.717, 1.165) is 24.0 Å². The molecule has 5 rings (SSSR count). The highest BCUT2D eigenvalue weighted by atomic mass is 16.6. The highest BCUT2D eigenvalue weighted by Gasteiger charge is 2.59. The van der Waals surface area contributed by atoms with E-state index < -0.39 is 17.0 Å². The maximum atomic E-state index is 13.2. The lowest BCUT2D eigenvalue weighted by atomic mass is 9.61. The Morgan fingerprint density at radius 2 is 1.73 bits per heavy atom. The number of pyridine rings is 1. The number of hydrogen-bond acceptors (Lipinski definition) is 10. The first-order chi connectivity index (χ1) is 21.1. The SMILES string of the molecule is COCC(=O)O[C@@](c1ccc(C(C)C)cc1)(c1cncc(-c2nc(C3CCN(C(=O)COC)CC3)no2)c1)C1(C)CN(C)C1. The van der Waals surface area contributed by atoms with Crippen molar-refractivity contribution in [3.63, 3.8) is 0 Å². The topological polar surface area (TPSA) is 120 Å². The Morgan fingerprint density at radius 3 is 2.34 bits per heavy atom. The van der Waals surface area contributed by atoms with Gasteiger partial charge in [-0.25, -0.2) is 4.79 Å². The Kier molecular flexibility index (Phi) is 9.48. The summed E-state index contributed by atoms with van der Waals surface area (Å²) in [7, 11) is 5.06. The second-order valence-corrected chi connectivity index (χ2v) is 12.6. The smallest absolute Gasteiger partial charge is 0.333 e. The Morgan fingerprint density at radius 1 is 1.05 bits per heavy atom. The lowest BCUT2D eigenvalue weighted by Crippen LogP contribution is -2.65. The number of piperidine rings is 1. The molecule has 0 saturated carbocycles. The van der Waals surface area contributed by atoms with E-state index in [2.05, 4.69) is 67.1 Å². The monoisotopic (exact) mass is 605 g/mol. The summed E-state index contributed by atoms with van der Waals surface area (Å²) in [5, 5.41) is 4.31. The molecule has 4 heterocycles. The average molecular weight is 606 g/mol. The van der Waals surface area contributed by atoms with Gasteiger partial charge in [0.25, 0.3) is 5.89 Å². The highest BCUT2D eigenvalue weighted by molar-refractivity contribution is 5.77. The van der Waals surface area contributed by atoms with Gasteiger partial charge in [0.05, 0.1) is 5.56 Å². The van der Waals surface area contributed by atoms with E-state index in [0.29, 0.717) is 49.4 Å². The molecular weight excluding hydrogens is 562 g/mol. The molecule has 2 aliphatic heterocycles. The van der Waals surface area contributed by atoms with E-state index in [1.54, 1.807) is 12.4 Å². The molecule has 2 aromatic heterocycles. The molecule has 236 valence electrons. The van der Waals surface area contributed by atoms with Crippen LogP contribution >= 0.6 is 0 Å². The molecule has 0 unspecified atom stereocenters. The molecule has 3 aromatic rings.